The van der Waals surface area contributed by atoms with Gasteiger partial charge in [-0.3, -0.25) is 0 Å². The molecule has 1 aromatic heterocycles. The number of hydrogen-bond acceptors (Lipinski definition) is 3. The molecule has 0 saturated heterocycles. The minimum absolute atomic E-state index is 0.0425. The monoisotopic (exact) mass is 499 g/mol. The number of halogens is 5. The fourth-order valence-corrected chi connectivity index (χ4v) is 4.51. The first-order valence-corrected chi connectivity index (χ1v) is 12.1. The highest BCUT2D eigenvalue weighted by atomic mass is 19.4. The number of nitrogens with one attached hydrogen (secondary N) is 1. The van der Waals surface area contributed by atoms with Crippen LogP contribution in [0.1, 0.15) is 104 Å². The summed E-state index contributed by atoms with van der Waals surface area (Å²) in [5.41, 5.74) is -0.512. The standard InChI is InChI=1S/C16H29F2N3.C9H17F3O/c1-8-12(9-2)21-14(19-7)11(3)13(20-21)15(4,5)10-16(6,17)18;1-4-5-8(2,6-7-13-3)9(10,11)12/h12,19H,8-10H2,1-7H3;4-7H2,1-3H3. The third-order valence-corrected chi connectivity index (χ3v) is 6.41. The molecule has 1 N–H and O–H groups in total. The number of alkyl halides is 5. The third kappa shape index (κ3) is 9.00. The topological polar surface area (TPSA) is 39.1 Å². The van der Waals surface area contributed by atoms with E-state index in [-0.39, 0.29) is 31.9 Å². The Morgan fingerprint density at radius 1 is 0.971 bits per heavy atom. The lowest BCUT2D eigenvalue weighted by molar-refractivity contribution is -0.225. The Morgan fingerprint density at radius 2 is 1.50 bits per heavy atom. The van der Waals surface area contributed by atoms with Crippen LogP contribution in [0.25, 0.3) is 0 Å². The number of aromatic nitrogens is 2. The van der Waals surface area contributed by atoms with Crippen LogP contribution < -0.4 is 5.32 Å². The van der Waals surface area contributed by atoms with Gasteiger partial charge < -0.3 is 10.1 Å². The SMILES string of the molecule is CCC(CC)n1nc(C(C)(C)CC(C)(F)F)c(C)c1NC.CCCC(C)(CCOC)C(F)(F)F. The second kappa shape index (κ2) is 13.1. The maximum atomic E-state index is 13.5. The Labute approximate surface area is 203 Å². The van der Waals surface area contributed by atoms with Crippen molar-refractivity contribution in [2.45, 2.75) is 117 Å². The molecular weight excluding hydrogens is 453 g/mol. The smallest absolute Gasteiger partial charge is 0.385 e. The fourth-order valence-electron chi connectivity index (χ4n) is 4.51. The molecular formula is C25H46F5N3O. The minimum atomic E-state index is -4.12. The molecule has 34 heavy (non-hydrogen) atoms. The van der Waals surface area contributed by atoms with Crippen molar-refractivity contribution in [2.24, 2.45) is 5.41 Å². The van der Waals surface area contributed by atoms with E-state index in [0.29, 0.717) is 6.42 Å². The van der Waals surface area contributed by atoms with Crippen molar-refractivity contribution in [3.05, 3.63) is 11.3 Å². The maximum absolute atomic E-state index is 13.5. The molecule has 202 valence electrons. The van der Waals surface area contributed by atoms with Crippen molar-refractivity contribution >= 4 is 5.82 Å². The van der Waals surface area contributed by atoms with Crippen molar-refractivity contribution in [1.29, 1.82) is 0 Å². The van der Waals surface area contributed by atoms with Crippen LogP contribution in [0.4, 0.5) is 27.8 Å². The molecule has 9 heteroatoms. The lowest BCUT2D eigenvalue weighted by atomic mass is 9.81. The van der Waals surface area contributed by atoms with E-state index < -0.39 is 22.9 Å². The predicted octanol–water partition coefficient (Wildman–Crippen LogP) is 8.31. The van der Waals surface area contributed by atoms with Crippen LogP contribution in [0.2, 0.25) is 0 Å². The van der Waals surface area contributed by atoms with E-state index in [1.165, 1.54) is 14.0 Å². The van der Waals surface area contributed by atoms with Gasteiger partial charge in [0.05, 0.1) is 17.2 Å². The number of nitrogens with zero attached hydrogens (tertiary/aromatic N) is 2. The first-order chi connectivity index (χ1) is 15.4. The van der Waals surface area contributed by atoms with E-state index in [0.717, 1.165) is 36.8 Å². The molecule has 1 atom stereocenters. The summed E-state index contributed by atoms with van der Waals surface area (Å²) in [5.74, 6) is -1.76. The molecule has 0 aliphatic rings. The largest absolute Gasteiger partial charge is 0.394 e. The molecule has 0 amide bonds. The van der Waals surface area contributed by atoms with Gasteiger partial charge in [-0.1, -0.05) is 48.0 Å². The Bertz CT molecular complexity index is 721. The number of methoxy groups -OCH3 is 1. The fraction of sp³-hybridized carbons (Fsp3) is 0.880. The van der Waals surface area contributed by atoms with Gasteiger partial charge in [0, 0.05) is 38.2 Å². The van der Waals surface area contributed by atoms with Gasteiger partial charge in [0.15, 0.2) is 0 Å². The zero-order valence-corrected chi connectivity index (χ0v) is 22.7. The Morgan fingerprint density at radius 3 is 1.85 bits per heavy atom. The Kier molecular flexibility index (Phi) is 12.5. The normalized spacial score (nSPS) is 14.6. The maximum Gasteiger partial charge on any atom is 0.394 e. The van der Waals surface area contributed by atoms with Gasteiger partial charge in [0.25, 0.3) is 0 Å². The van der Waals surface area contributed by atoms with E-state index in [2.05, 4.69) is 23.9 Å². The van der Waals surface area contributed by atoms with Crippen molar-refractivity contribution in [3.8, 4) is 0 Å². The summed E-state index contributed by atoms with van der Waals surface area (Å²) in [4.78, 5) is 0. The highest BCUT2D eigenvalue weighted by molar-refractivity contribution is 5.49. The molecule has 1 unspecified atom stereocenters. The predicted molar refractivity (Wildman–Crippen MR) is 130 cm³/mol. The highest BCUT2D eigenvalue weighted by Crippen LogP contribution is 2.44. The van der Waals surface area contributed by atoms with Crippen LogP contribution in [0.3, 0.4) is 0 Å². The Balaban J connectivity index is 0.000000722. The van der Waals surface area contributed by atoms with Gasteiger partial charge in [-0.05, 0) is 39.5 Å². The molecule has 0 aliphatic heterocycles. The average molecular weight is 500 g/mol. The van der Waals surface area contributed by atoms with Gasteiger partial charge in [-0.2, -0.15) is 18.3 Å². The first kappa shape index (κ1) is 32.6. The third-order valence-electron chi connectivity index (χ3n) is 6.41. The van der Waals surface area contributed by atoms with Crippen LogP contribution in [0, 0.1) is 12.3 Å². The van der Waals surface area contributed by atoms with Crippen molar-refractivity contribution in [2.75, 3.05) is 26.1 Å². The lowest BCUT2D eigenvalue weighted by Gasteiger charge is -2.31. The summed E-state index contributed by atoms with van der Waals surface area (Å²) >= 11 is 0. The zero-order chi connectivity index (χ0) is 27.0. The average Bonchev–Trinajstić information content (AvgIpc) is 3.02. The highest BCUT2D eigenvalue weighted by Gasteiger charge is 2.49. The second-order valence-electron chi connectivity index (χ2n) is 10.2. The summed E-state index contributed by atoms with van der Waals surface area (Å²) in [6.45, 7) is 14.0. The van der Waals surface area contributed by atoms with Gasteiger partial charge in [0.1, 0.15) is 5.82 Å². The van der Waals surface area contributed by atoms with Crippen LogP contribution in [0.5, 0.6) is 0 Å². The minimum Gasteiger partial charge on any atom is -0.385 e. The quantitative estimate of drug-likeness (QED) is 0.294. The molecule has 0 aromatic carbocycles. The summed E-state index contributed by atoms with van der Waals surface area (Å²) < 4.78 is 71.3. The van der Waals surface area contributed by atoms with Gasteiger partial charge in [-0.15, -0.1) is 0 Å². The van der Waals surface area contributed by atoms with Gasteiger partial charge >= 0.3 is 6.18 Å². The molecule has 1 rings (SSSR count). The van der Waals surface area contributed by atoms with Crippen molar-refractivity contribution in [3.63, 3.8) is 0 Å². The van der Waals surface area contributed by atoms with E-state index in [9.17, 15) is 22.0 Å². The number of rotatable bonds is 12. The second-order valence-corrected chi connectivity index (χ2v) is 10.2. The van der Waals surface area contributed by atoms with Crippen LogP contribution in [-0.4, -0.2) is 42.6 Å². The zero-order valence-electron chi connectivity index (χ0n) is 22.7. The molecule has 0 saturated carbocycles. The molecule has 1 aromatic rings. The molecule has 0 bridgehead atoms. The van der Waals surface area contributed by atoms with Crippen LogP contribution >= 0.6 is 0 Å². The summed E-state index contributed by atoms with van der Waals surface area (Å²) in [6.07, 6.45) is -1.64. The molecule has 0 aliphatic carbocycles. The van der Waals surface area contributed by atoms with E-state index in [1.807, 2.05) is 32.5 Å². The summed E-state index contributed by atoms with van der Waals surface area (Å²) in [5, 5.41) is 7.88. The summed E-state index contributed by atoms with van der Waals surface area (Å²) in [7, 11) is 3.27. The molecule has 0 radical (unpaired) electrons. The molecule has 0 fully saturated rings. The van der Waals surface area contributed by atoms with E-state index >= 15 is 0 Å². The van der Waals surface area contributed by atoms with Crippen LogP contribution in [0.15, 0.2) is 0 Å². The van der Waals surface area contributed by atoms with E-state index in [1.54, 1.807) is 6.92 Å². The van der Waals surface area contributed by atoms with Crippen molar-refractivity contribution in [1.82, 2.24) is 9.78 Å². The molecule has 1 heterocycles. The molecule has 0 spiro atoms. The molecule has 4 nitrogen and oxygen atoms in total. The Hall–Kier alpha value is -1.38. The lowest BCUT2D eigenvalue weighted by Crippen LogP contribution is -2.36. The van der Waals surface area contributed by atoms with E-state index in [4.69, 9.17) is 5.10 Å². The number of hydrogen-bond donors (Lipinski definition) is 1. The number of anilines is 1. The van der Waals surface area contributed by atoms with Gasteiger partial charge in [0.2, 0.25) is 5.92 Å². The van der Waals surface area contributed by atoms with Crippen LogP contribution in [-0.2, 0) is 10.2 Å². The first-order valence-electron chi connectivity index (χ1n) is 12.1. The van der Waals surface area contributed by atoms with Gasteiger partial charge in [-0.25, -0.2) is 13.5 Å². The summed E-state index contributed by atoms with van der Waals surface area (Å²) in [6, 6.07) is 0.290. The number of ether oxygens (including phenoxy) is 1. The van der Waals surface area contributed by atoms with Crippen molar-refractivity contribution < 1.29 is 26.7 Å².